The van der Waals surface area contributed by atoms with Crippen molar-refractivity contribution in [3.63, 3.8) is 0 Å². The van der Waals surface area contributed by atoms with Crippen molar-refractivity contribution in [1.29, 1.82) is 0 Å². The van der Waals surface area contributed by atoms with Gasteiger partial charge >= 0.3 is 4.87 Å². The predicted octanol–water partition coefficient (Wildman–Crippen LogP) is 3.38. The first-order valence-corrected chi connectivity index (χ1v) is 6.32. The molecule has 0 aliphatic carbocycles. The molecule has 0 atom stereocenters. The first-order valence-electron chi connectivity index (χ1n) is 5.06. The summed E-state index contributed by atoms with van der Waals surface area (Å²) in [5, 5.41) is 2.48. The van der Waals surface area contributed by atoms with Gasteiger partial charge in [-0.15, -0.1) is 0 Å². The molecule has 0 spiro atoms. The lowest BCUT2D eigenvalue weighted by Crippen LogP contribution is -1.97. The van der Waals surface area contributed by atoms with E-state index in [-0.39, 0.29) is 4.87 Å². The first-order chi connectivity index (χ1) is 8.04. The smallest absolute Gasteiger partial charge is 0.304 e. The van der Waals surface area contributed by atoms with Crippen LogP contribution in [0.5, 0.6) is 5.75 Å². The van der Waals surface area contributed by atoms with Crippen LogP contribution in [0.1, 0.15) is 11.1 Å². The fraction of sp³-hybridized carbons (Fsp3) is 0.250. The van der Waals surface area contributed by atoms with E-state index >= 15 is 0 Å². The number of ether oxygens (including phenoxy) is 1. The molecule has 0 fully saturated rings. The highest BCUT2D eigenvalue weighted by molar-refractivity contribution is 7.07. The summed E-state index contributed by atoms with van der Waals surface area (Å²) in [4.78, 5) is 13.9. The number of benzene rings is 1. The van der Waals surface area contributed by atoms with Gasteiger partial charge in [-0.05, 0) is 31.0 Å². The minimum atomic E-state index is -0.0850. The molecule has 0 unspecified atom stereocenters. The fourth-order valence-electron chi connectivity index (χ4n) is 1.82. The Kier molecular flexibility index (Phi) is 3.26. The Balaban J connectivity index is 2.75. The van der Waals surface area contributed by atoms with Crippen LogP contribution in [0, 0.1) is 13.8 Å². The highest BCUT2D eigenvalue weighted by Gasteiger charge is 2.15. The molecule has 0 radical (unpaired) electrons. The predicted molar refractivity (Wildman–Crippen MR) is 71.4 cm³/mol. The Hall–Kier alpha value is -1.26. The SMILES string of the molecule is COc1cc(C)c(Cl)c(C)c1-c1csc(=O)[nH]1. The molecule has 90 valence electrons. The molecule has 0 aliphatic heterocycles. The van der Waals surface area contributed by atoms with E-state index in [0.29, 0.717) is 5.02 Å². The van der Waals surface area contributed by atoms with Crippen LogP contribution in [-0.2, 0) is 0 Å². The topological polar surface area (TPSA) is 42.1 Å². The van der Waals surface area contributed by atoms with Crippen LogP contribution >= 0.6 is 22.9 Å². The van der Waals surface area contributed by atoms with Crippen molar-refractivity contribution in [3.8, 4) is 17.0 Å². The molecule has 1 aromatic heterocycles. The maximum Gasteiger partial charge on any atom is 0.304 e. The van der Waals surface area contributed by atoms with Crippen LogP contribution in [0.25, 0.3) is 11.3 Å². The lowest BCUT2D eigenvalue weighted by Gasteiger charge is -2.13. The molecule has 2 rings (SSSR count). The Morgan fingerprint density at radius 1 is 1.41 bits per heavy atom. The molecule has 3 nitrogen and oxygen atoms in total. The molecular formula is C12H12ClNO2S. The van der Waals surface area contributed by atoms with Gasteiger partial charge in [-0.3, -0.25) is 4.79 Å². The van der Waals surface area contributed by atoms with Crippen LogP contribution in [0.15, 0.2) is 16.2 Å². The number of H-pyrrole nitrogens is 1. The van der Waals surface area contributed by atoms with Crippen molar-refractivity contribution in [2.75, 3.05) is 7.11 Å². The number of hydrogen-bond acceptors (Lipinski definition) is 3. The second-order valence-corrected chi connectivity index (χ2v) is 4.99. The van der Waals surface area contributed by atoms with Crippen LogP contribution in [0.2, 0.25) is 5.02 Å². The van der Waals surface area contributed by atoms with Crippen LogP contribution < -0.4 is 9.61 Å². The average Bonchev–Trinajstić information content (AvgIpc) is 2.71. The number of methoxy groups -OCH3 is 1. The lowest BCUT2D eigenvalue weighted by atomic mass is 10.0. The van der Waals surface area contributed by atoms with Gasteiger partial charge in [-0.2, -0.15) is 0 Å². The van der Waals surface area contributed by atoms with E-state index in [1.54, 1.807) is 12.5 Å². The van der Waals surface area contributed by atoms with Gasteiger partial charge in [0.15, 0.2) is 0 Å². The number of thiazole rings is 1. The summed E-state index contributed by atoms with van der Waals surface area (Å²) in [5.41, 5.74) is 3.47. The number of aromatic nitrogens is 1. The largest absolute Gasteiger partial charge is 0.496 e. The molecule has 17 heavy (non-hydrogen) atoms. The Morgan fingerprint density at radius 2 is 2.12 bits per heavy atom. The van der Waals surface area contributed by atoms with E-state index in [1.807, 2.05) is 19.9 Å². The quantitative estimate of drug-likeness (QED) is 0.908. The summed E-state index contributed by atoms with van der Waals surface area (Å²) < 4.78 is 5.35. The maximum atomic E-state index is 11.2. The third kappa shape index (κ3) is 2.10. The second-order valence-electron chi connectivity index (χ2n) is 3.77. The van der Waals surface area contributed by atoms with Crippen LogP contribution in [0.3, 0.4) is 0 Å². The van der Waals surface area contributed by atoms with Gasteiger partial charge in [-0.1, -0.05) is 22.9 Å². The molecule has 1 N–H and O–H groups in total. The monoisotopic (exact) mass is 269 g/mol. The minimum absolute atomic E-state index is 0.0850. The summed E-state index contributed by atoms with van der Waals surface area (Å²) in [6.45, 7) is 3.85. The van der Waals surface area contributed by atoms with Gasteiger partial charge < -0.3 is 9.72 Å². The molecule has 0 saturated heterocycles. The molecule has 1 aromatic carbocycles. The molecule has 5 heteroatoms. The average molecular weight is 270 g/mol. The number of rotatable bonds is 2. The van der Waals surface area contributed by atoms with Crippen molar-refractivity contribution in [3.05, 3.63) is 37.3 Å². The van der Waals surface area contributed by atoms with Gasteiger partial charge in [0.2, 0.25) is 0 Å². The van der Waals surface area contributed by atoms with E-state index in [4.69, 9.17) is 16.3 Å². The van der Waals surface area contributed by atoms with E-state index in [2.05, 4.69) is 4.98 Å². The molecule has 1 heterocycles. The summed E-state index contributed by atoms with van der Waals surface area (Å²) in [5.74, 6) is 0.721. The summed E-state index contributed by atoms with van der Waals surface area (Å²) in [7, 11) is 1.61. The minimum Gasteiger partial charge on any atom is -0.496 e. The molecular weight excluding hydrogens is 258 g/mol. The van der Waals surface area contributed by atoms with Gasteiger partial charge in [0.05, 0.1) is 12.8 Å². The van der Waals surface area contributed by atoms with Crippen molar-refractivity contribution in [1.82, 2.24) is 4.98 Å². The van der Waals surface area contributed by atoms with Crippen LogP contribution in [0.4, 0.5) is 0 Å². The molecule has 0 bridgehead atoms. The Bertz CT molecular complexity index is 615. The van der Waals surface area contributed by atoms with E-state index in [0.717, 1.165) is 39.5 Å². The van der Waals surface area contributed by atoms with E-state index in [1.165, 1.54) is 0 Å². The first kappa shape index (κ1) is 12.2. The highest BCUT2D eigenvalue weighted by Crippen LogP contribution is 2.38. The van der Waals surface area contributed by atoms with Crippen LogP contribution in [-0.4, -0.2) is 12.1 Å². The zero-order valence-corrected chi connectivity index (χ0v) is 11.3. The number of halogens is 1. The van der Waals surface area contributed by atoms with Crippen molar-refractivity contribution >= 4 is 22.9 Å². The molecule has 0 amide bonds. The second kappa shape index (κ2) is 4.55. The zero-order chi connectivity index (χ0) is 12.6. The third-order valence-electron chi connectivity index (χ3n) is 2.65. The van der Waals surface area contributed by atoms with Crippen molar-refractivity contribution < 1.29 is 4.74 Å². The molecule has 2 aromatic rings. The van der Waals surface area contributed by atoms with Gasteiger partial charge in [0, 0.05) is 16.0 Å². The summed E-state index contributed by atoms with van der Waals surface area (Å²) in [6, 6.07) is 1.88. The number of aromatic amines is 1. The zero-order valence-electron chi connectivity index (χ0n) is 9.76. The third-order valence-corrected chi connectivity index (χ3v) is 3.91. The highest BCUT2D eigenvalue weighted by atomic mass is 35.5. The standard InChI is InChI=1S/C12H12ClNO2S/c1-6-4-9(16-3)10(7(2)11(6)13)8-5-17-12(15)14-8/h4-5H,1-3H3,(H,14,15). The molecule has 0 aliphatic rings. The van der Waals surface area contributed by atoms with Gasteiger partial charge in [0.1, 0.15) is 5.75 Å². The van der Waals surface area contributed by atoms with E-state index < -0.39 is 0 Å². The van der Waals surface area contributed by atoms with Crippen molar-refractivity contribution in [2.24, 2.45) is 0 Å². The fourth-order valence-corrected chi connectivity index (χ4v) is 2.54. The Labute approximate surface area is 108 Å². The maximum absolute atomic E-state index is 11.2. The summed E-state index contributed by atoms with van der Waals surface area (Å²) in [6.07, 6.45) is 0. The summed E-state index contributed by atoms with van der Waals surface area (Å²) >= 11 is 7.35. The lowest BCUT2D eigenvalue weighted by molar-refractivity contribution is 0.415. The van der Waals surface area contributed by atoms with E-state index in [9.17, 15) is 4.79 Å². The van der Waals surface area contributed by atoms with Crippen molar-refractivity contribution in [2.45, 2.75) is 13.8 Å². The number of aryl methyl sites for hydroxylation is 1. The normalized spacial score (nSPS) is 10.6. The molecule has 0 saturated carbocycles. The number of nitrogens with one attached hydrogen (secondary N) is 1. The number of hydrogen-bond donors (Lipinski definition) is 1. The van der Waals surface area contributed by atoms with Gasteiger partial charge in [-0.25, -0.2) is 0 Å². The Morgan fingerprint density at radius 3 is 2.65 bits per heavy atom. The van der Waals surface area contributed by atoms with Gasteiger partial charge in [0.25, 0.3) is 0 Å².